The molecule has 0 aliphatic heterocycles. The first kappa shape index (κ1) is 29.2. The van der Waals surface area contributed by atoms with Crippen LogP contribution in [-0.4, -0.2) is 34.5 Å². The Balaban J connectivity index is 1.41. The minimum atomic E-state index is -4.45. The molecule has 0 saturated carbocycles. The summed E-state index contributed by atoms with van der Waals surface area (Å²) in [5.74, 6) is 1.51. The van der Waals surface area contributed by atoms with Crippen LogP contribution in [0.1, 0.15) is 18.1 Å². The van der Waals surface area contributed by atoms with Crippen LogP contribution in [0.5, 0.6) is 5.75 Å². The molecule has 5 aromatic rings. The summed E-state index contributed by atoms with van der Waals surface area (Å²) in [6.45, 7) is 3.25. The van der Waals surface area contributed by atoms with E-state index in [1.54, 1.807) is 31.5 Å². The van der Waals surface area contributed by atoms with E-state index in [1.165, 1.54) is 12.1 Å². The summed E-state index contributed by atoms with van der Waals surface area (Å²) in [4.78, 5) is 17.1. The topological polar surface area (TPSA) is 93.1 Å². The molecule has 0 atom stereocenters. The monoisotopic (exact) mass is 586 g/mol. The van der Waals surface area contributed by atoms with Crippen LogP contribution in [0, 0.1) is 0 Å². The number of urea groups is 1. The highest BCUT2D eigenvalue weighted by Crippen LogP contribution is 2.34. The molecule has 3 aromatic carbocycles. The van der Waals surface area contributed by atoms with Crippen molar-refractivity contribution in [3.05, 3.63) is 108 Å². The number of carbonyl (C=O) groups is 1. The summed E-state index contributed by atoms with van der Waals surface area (Å²) in [5, 5.41) is 13.5. The quantitative estimate of drug-likeness (QED) is 0.164. The third-order valence-electron chi connectivity index (χ3n) is 6.56. The minimum Gasteiger partial charge on any atom is -0.497 e. The number of carbonyl (C=O) groups excluding carboxylic acids is 1. The van der Waals surface area contributed by atoms with Gasteiger partial charge in [0, 0.05) is 41.4 Å². The summed E-state index contributed by atoms with van der Waals surface area (Å²) in [5.41, 5.74) is 4.23. The maximum absolute atomic E-state index is 12.9. The Morgan fingerprint density at radius 2 is 1.65 bits per heavy atom. The van der Waals surface area contributed by atoms with Crippen LogP contribution >= 0.6 is 0 Å². The molecule has 0 unspecified atom stereocenters. The zero-order valence-electron chi connectivity index (χ0n) is 23.4. The van der Waals surface area contributed by atoms with E-state index in [0.29, 0.717) is 17.9 Å². The van der Waals surface area contributed by atoms with E-state index in [0.717, 1.165) is 52.5 Å². The van der Waals surface area contributed by atoms with Crippen LogP contribution < -0.4 is 20.7 Å². The van der Waals surface area contributed by atoms with Gasteiger partial charge in [-0.05, 0) is 78.7 Å². The summed E-state index contributed by atoms with van der Waals surface area (Å²) < 4.78 is 45.7. The van der Waals surface area contributed by atoms with Gasteiger partial charge in [-0.15, -0.1) is 0 Å². The third kappa shape index (κ3) is 7.31. The normalized spacial score (nSPS) is 11.2. The lowest BCUT2D eigenvalue weighted by Gasteiger charge is -2.11. The largest absolute Gasteiger partial charge is 0.497 e. The maximum Gasteiger partial charge on any atom is 0.416 e. The van der Waals surface area contributed by atoms with Crippen LogP contribution in [0.3, 0.4) is 0 Å². The molecule has 0 aliphatic rings. The Morgan fingerprint density at radius 3 is 2.35 bits per heavy atom. The Bertz CT molecular complexity index is 1700. The molecule has 8 nitrogen and oxygen atoms in total. The fourth-order valence-corrected chi connectivity index (χ4v) is 4.50. The maximum atomic E-state index is 12.9. The standard InChI is InChI=1S/C32H29F3N6O2/c1-3-36-29-18-22(15-16-37-29)28-20-41(19-21-7-13-27(43-2)14-8-21)40-30(28)23-5-4-6-26(17-23)39-31(42)38-25-11-9-24(10-12-25)32(33,34)35/h4-18,20H,3,19H2,1-2H3,(H,36,37)(H2,38,39,42). The van der Waals surface area contributed by atoms with Crippen molar-refractivity contribution in [2.24, 2.45) is 0 Å². The van der Waals surface area contributed by atoms with Crippen molar-refractivity contribution in [2.75, 3.05) is 29.6 Å². The molecule has 3 N–H and O–H groups in total. The summed E-state index contributed by atoms with van der Waals surface area (Å²) >= 11 is 0. The second-order valence-electron chi connectivity index (χ2n) is 9.63. The van der Waals surface area contributed by atoms with Crippen molar-refractivity contribution in [2.45, 2.75) is 19.6 Å². The van der Waals surface area contributed by atoms with Crippen LogP contribution in [0.25, 0.3) is 22.4 Å². The lowest BCUT2D eigenvalue weighted by molar-refractivity contribution is -0.137. The number of ether oxygens (including phenoxy) is 1. The van der Waals surface area contributed by atoms with Gasteiger partial charge in [0.25, 0.3) is 0 Å². The molecule has 220 valence electrons. The van der Waals surface area contributed by atoms with Gasteiger partial charge in [-0.2, -0.15) is 18.3 Å². The highest BCUT2D eigenvalue weighted by Gasteiger charge is 2.30. The number of aromatic nitrogens is 3. The van der Waals surface area contributed by atoms with Crippen molar-refractivity contribution in [1.82, 2.24) is 14.8 Å². The van der Waals surface area contributed by atoms with E-state index in [2.05, 4.69) is 20.9 Å². The zero-order valence-corrected chi connectivity index (χ0v) is 23.4. The number of nitrogens with one attached hydrogen (secondary N) is 3. The van der Waals surface area contributed by atoms with Crippen LogP contribution in [0.2, 0.25) is 0 Å². The number of rotatable bonds is 9. The Kier molecular flexibility index (Phi) is 8.61. The van der Waals surface area contributed by atoms with Gasteiger partial charge in [0.2, 0.25) is 0 Å². The van der Waals surface area contributed by atoms with E-state index in [9.17, 15) is 18.0 Å². The molecule has 43 heavy (non-hydrogen) atoms. The first-order valence-electron chi connectivity index (χ1n) is 13.5. The molecule has 5 rings (SSSR count). The summed E-state index contributed by atoms with van der Waals surface area (Å²) in [6, 6.07) is 22.5. The second kappa shape index (κ2) is 12.7. The molecular formula is C32H29F3N6O2. The van der Waals surface area contributed by atoms with Gasteiger partial charge >= 0.3 is 12.2 Å². The van der Waals surface area contributed by atoms with E-state index >= 15 is 0 Å². The number of hydrogen-bond donors (Lipinski definition) is 3. The number of methoxy groups -OCH3 is 1. The SMILES string of the molecule is CCNc1cc(-c2cn(Cc3ccc(OC)cc3)nc2-c2cccc(NC(=O)Nc3ccc(C(F)(F)F)cc3)c2)ccn1. The average molecular weight is 587 g/mol. The number of halogens is 3. The molecular weight excluding hydrogens is 557 g/mol. The molecule has 2 heterocycles. The van der Waals surface area contributed by atoms with Crippen molar-refractivity contribution < 1.29 is 22.7 Å². The predicted molar refractivity (Wildman–Crippen MR) is 161 cm³/mol. The van der Waals surface area contributed by atoms with Crippen molar-refractivity contribution >= 4 is 23.2 Å². The number of amides is 2. The van der Waals surface area contributed by atoms with E-state index in [-0.39, 0.29) is 5.69 Å². The van der Waals surface area contributed by atoms with E-state index in [1.807, 2.05) is 60.3 Å². The fourth-order valence-electron chi connectivity index (χ4n) is 4.50. The van der Waals surface area contributed by atoms with E-state index in [4.69, 9.17) is 9.84 Å². The summed E-state index contributed by atoms with van der Waals surface area (Å²) in [6.07, 6.45) is -0.741. The molecule has 0 bridgehead atoms. The van der Waals surface area contributed by atoms with Gasteiger partial charge in [0.05, 0.1) is 19.2 Å². The lowest BCUT2D eigenvalue weighted by Crippen LogP contribution is -2.19. The second-order valence-corrected chi connectivity index (χ2v) is 9.63. The molecule has 0 spiro atoms. The number of hydrogen-bond acceptors (Lipinski definition) is 5. The molecule has 0 radical (unpaired) electrons. The van der Waals surface area contributed by atoms with Crippen LogP contribution in [-0.2, 0) is 12.7 Å². The minimum absolute atomic E-state index is 0.232. The number of benzene rings is 3. The first-order chi connectivity index (χ1) is 20.7. The molecule has 0 saturated heterocycles. The smallest absolute Gasteiger partial charge is 0.416 e. The van der Waals surface area contributed by atoms with Gasteiger partial charge in [-0.25, -0.2) is 9.78 Å². The van der Waals surface area contributed by atoms with Crippen LogP contribution in [0.15, 0.2) is 97.3 Å². The average Bonchev–Trinajstić information content (AvgIpc) is 3.42. The highest BCUT2D eigenvalue weighted by atomic mass is 19.4. The highest BCUT2D eigenvalue weighted by molar-refractivity contribution is 6.00. The van der Waals surface area contributed by atoms with Gasteiger partial charge in [0.1, 0.15) is 17.3 Å². The zero-order chi connectivity index (χ0) is 30.4. The van der Waals surface area contributed by atoms with Gasteiger partial charge in [-0.3, -0.25) is 4.68 Å². The van der Waals surface area contributed by atoms with Gasteiger partial charge in [0.15, 0.2) is 0 Å². The van der Waals surface area contributed by atoms with E-state index < -0.39 is 17.8 Å². The predicted octanol–water partition coefficient (Wildman–Crippen LogP) is 7.76. The number of nitrogens with zero attached hydrogens (tertiary/aromatic N) is 3. The van der Waals surface area contributed by atoms with Gasteiger partial charge in [-0.1, -0.05) is 24.3 Å². The Morgan fingerprint density at radius 1 is 0.907 bits per heavy atom. The van der Waals surface area contributed by atoms with Gasteiger partial charge < -0.3 is 20.7 Å². The Hall–Kier alpha value is -5.32. The molecule has 0 aliphatic carbocycles. The number of alkyl halides is 3. The lowest BCUT2D eigenvalue weighted by atomic mass is 10.0. The van der Waals surface area contributed by atoms with Crippen molar-refractivity contribution in [3.63, 3.8) is 0 Å². The Labute approximate surface area is 246 Å². The molecule has 2 amide bonds. The molecule has 11 heteroatoms. The third-order valence-corrected chi connectivity index (χ3v) is 6.56. The molecule has 0 fully saturated rings. The number of anilines is 3. The van der Waals surface area contributed by atoms with Crippen molar-refractivity contribution in [3.8, 4) is 28.1 Å². The van der Waals surface area contributed by atoms with Crippen LogP contribution in [0.4, 0.5) is 35.2 Å². The summed E-state index contributed by atoms with van der Waals surface area (Å²) in [7, 11) is 1.62. The first-order valence-corrected chi connectivity index (χ1v) is 13.5. The number of pyridine rings is 1. The molecule has 2 aromatic heterocycles. The van der Waals surface area contributed by atoms with Crippen molar-refractivity contribution in [1.29, 1.82) is 0 Å². The fraction of sp³-hybridized carbons (Fsp3) is 0.156.